The smallest absolute Gasteiger partial charge is 0.237 e. The van der Waals surface area contributed by atoms with E-state index in [0.29, 0.717) is 11.7 Å². The zero-order valence-corrected chi connectivity index (χ0v) is 21.0. The molecule has 1 aliphatic heterocycles. The van der Waals surface area contributed by atoms with E-state index in [1.165, 1.54) is 16.7 Å². The number of halogens is 1. The monoisotopic (exact) mass is 550 g/mol. The second-order valence-electron chi connectivity index (χ2n) is 8.39. The van der Waals surface area contributed by atoms with Crippen LogP contribution >= 0.6 is 0 Å². The molecule has 0 bridgehead atoms. The average molecular weight is 550 g/mol. The fourth-order valence-electron chi connectivity index (χ4n) is 4.87. The number of benzene rings is 3. The lowest BCUT2D eigenvalue weighted by atomic mass is 9.76. The van der Waals surface area contributed by atoms with Crippen LogP contribution in [0.5, 0.6) is 0 Å². The Balaban J connectivity index is 0.00000259. The van der Waals surface area contributed by atoms with Crippen molar-refractivity contribution in [3.63, 3.8) is 0 Å². The van der Waals surface area contributed by atoms with Gasteiger partial charge in [-0.1, -0.05) is 96.2 Å². The van der Waals surface area contributed by atoms with Crippen molar-refractivity contribution in [2.45, 2.75) is 18.4 Å². The third-order valence-electron chi connectivity index (χ3n) is 6.16. The standard InChI is InChI=1S/C27H27N4O.HI/c1-21-28-26(32-29-21)22-18-30(2)20-31(19-22)27(23-12-6-3-7-13-23,24-14-8-4-9-15-24)25-16-10-5-11-17-25;/h3-17,20,22H,18-19H2,1-2H3;1H/q+1;/p-1. The molecule has 168 valence electrons. The van der Waals surface area contributed by atoms with Crippen LogP contribution in [0.25, 0.3) is 0 Å². The topological polar surface area (TPSA) is 45.2 Å². The minimum Gasteiger partial charge on any atom is -1.00 e. The van der Waals surface area contributed by atoms with Crippen LogP contribution in [0.1, 0.15) is 34.3 Å². The fourth-order valence-corrected chi connectivity index (χ4v) is 4.87. The quantitative estimate of drug-likeness (QED) is 0.215. The molecule has 33 heavy (non-hydrogen) atoms. The summed E-state index contributed by atoms with van der Waals surface area (Å²) in [7, 11) is 2.11. The number of aromatic nitrogens is 2. The van der Waals surface area contributed by atoms with Gasteiger partial charge in [0.2, 0.25) is 12.2 Å². The van der Waals surface area contributed by atoms with Crippen molar-refractivity contribution in [1.29, 1.82) is 0 Å². The summed E-state index contributed by atoms with van der Waals surface area (Å²) >= 11 is 0. The predicted molar refractivity (Wildman–Crippen MR) is 125 cm³/mol. The minimum absolute atomic E-state index is 0. The van der Waals surface area contributed by atoms with E-state index in [1.54, 1.807) is 0 Å². The van der Waals surface area contributed by atoms with E-state index in [4.69, 9.17) is 4.52 Å². The van der Waals surface area contributed by atoms with Crippen molar-refractivity contribution in [2.24, 2.45) is 0 Å². The number of rotatable bonds is 5. The minimum atomic E-state index is -0.508. The number of likely N-dealkylation sites (N-methyl/N-ethyl adjacent to an activating group) is 1. The summed E-state index contributed by atoms with van der Waals surface area (Å²) in [6.07, 6.45) is 2.23. The van der Waals surface area contributed by atoms with E-state index in [9.17, 15) is 0 Å². The van der Waals surface area contributed by atoms with Gasteiger partial charge in [0.05, 0.1) is 13.6 Å². The molecule has 1 aliphatic rings. The van der Waals surface area contributed by atoms with Gasteiger partial charge in [-0.25, -0.2) is 4.58 Å². The second-order valence-corrected chi connectivity index (χ2v) is 8.39. The average Bonchev–Trinajstić information content (AvgIpc) is 3.28. The molecular weight excluding hydrogens is 523 g/mol. The molecule has 2 heterocycles. The Kier molecular flexibility index (Phi) is 6.93. The highest BCUT2D eigenvalue weighted by Gasteiger charge is 2.46. The highest BCUT2D eigenvalue weighted by atomic mass is 127. The van der Waals surface area contributed by atoms with E-state index in [1.807, 2.05) is 6.92 Å². The van der Waals surface area contributed by atoms with E-state index in [-0.39, 0.29) is 29.9 Å². The SMILES string of the molecule is Cc1noc(C2CN(C)C=[N+](C(c3ccccc3)(c3ccccc3)c3ccccc3)C2)n1.[I-]. The molecule has 4 aromatic rings. The van der Waals surface area contributed by atoms with Gasteiger partial charge in [0.25, 0.3) is 0 Å². The number of aryl methyl sites for hydroxylation is 1. The van der Waals surface area contributed by atoms with Gasteiger partial charge in [0.1, 0.15) is 12.5 Å². The van der Waals surface area contributed by atoms with Crippen LogP contribution in [-0.2, 0) is 5.54 Å². The summed E-state index contributed by atoms with van der Waals surface area (Å²) < 4.78 is 8.03. The summed E-state index contributed by atoms with van der Waals surface area (Å²) in [4.78, 5) is 6.78. The Morgan fingerprint density at radius 2 is 1.33 bits per heavy atom. The molecule has 0 amide bonds. The van der Waals surface area contributed by atoms with E-state index >= 15 is 0 Å². The van der Waals surface area contributed by atoms with Crippen LogP contribution in [0.3, 0.4) is 0 Å². The first-order valence-electron chi connectivity index (χ1n) is 11.0. The van der Waals surface area contributed by atoms with Crippen LogP contribution in [-0.4, -0.2) is 46.1 Å². The van der Waals surface area contributed by atoms with Crippen molar-refractivity contribution in [3.8, 4) is 0 Å². The largest absolute Gasteiger partial charge is 1.00 e. The Hall–Kier alpha value is -3.00. The third kappa shape index (κ3) is 4.31. The van der Waals surface area contributed by atoms with Crippen molar-refractivity contribution in [3.05, 3.63) is 119 Å². The normalized spacial score (nSPS) is 16.1. The van der Waals surface area contributed by atoms with Gasteiger partial charge in [-0.2, -0.15) is 4.98 Å². The van der Waals surface area contributed by atoms with Gasteiger partial charge in [-0.15, -0.1) is 0 Å². The molecule has 1 unspecified atom stereocenters. The maximum atomic E-state index is 5.60. The van der Waals surface area contributed by atoms with Gasteiger partial charge < -0.3 is 28.5 Å². The number of hydrogen-bond donors (Lipinski definition) is 0. The number of nitrogens with zero attached hydrogens (tertiary/aromatic N) is 4. The molecule has 0 spiro atoms. The van der Waals surface area contributed by atoms with Crippen LogP contribution in [0, 0.1) is 6.92 Å². The van der Waals surface area contributed by atoms with E-state index in [0.717, 1.165) is 13.1 Å². The van der Waals surface area contributed by atoms with Gasteiger partial charge in [0, 0.05) is 16.7 Å². The van der Waals surface area contributed by atoms with Crippen molar-refractivity contribution < 1.29 is 33.1 Å². The Morgan fingerprint density at radius 3 is 1.76 bits per heavy atom. The molecular formula is C27H27IN4O. The third-order valence-corrected chi connectivity index (χ3v) is 6.16. The first kappa shape index (κ1) is 23.2. The molecule has 0 radical (unpaired) electrons. The van der Waals surface area contributed by atoms with Gasteiger partial charge >= 0.3 is 0 Å². The molecule has 6 heteroatoms. The van der Waals surface area contributed by atoms with Gasteiger partial charge in [-0.3, -0.25) is 4.90 Å². The van der Waals surface area contributed by atoms with Crippen molar-refractivity contribution >= 4 is 6.34 Å². The van der Waals surface area contributed by atoms with Crippen LogP contribution in [0.4, 0.5) is 0 Å². The van der Waals surface area contributed by atoms with Crippen molar-refractivity contribution in [2.75, 3.05) is 20.1 Å². The molecule has 5 nitrogen and oxygen atoms in total. The molecule has 1 aromatic heterocycles. The maximum absolute atomic E-state index is 5.60. The summed E-state index contributed by atoms with van der Waals surface area (Å²) in [6, 6.07) is 32.2. The summed E-state index contributed by atoms with van der Waals surface area (Å²) in [5.41, 5.74) is 3.13. The molecule has 0 saturated carbocycles. The van der Waals surface area contributed by atoms with E-state index < -0.39 is 5.54 Å². The highest BCUT2D eigenvalue weighted by molar-refractivity contribution is 5.54. The lowest BCUT2D eigenvalue weighted by molar-refractivity contribution is -0.602. The van der Waals surface area contributed by atoms with Crippen LogP contribution in [0.15, 0.2) is 95.5 Å². The summed E-state index contributed by atoms with van der Waals surface area (Å²) in [6.45, 7) is 3.45. The summed E-state index contributed by atoms with van der Waals surface area (Å²) in [5.74, 6) is 1.46. The molecule has 0 saturated heterocycles. The van der Waals surface area contributed by atoms with Gasteiger partial charge in [-0.05, 0) is 6.92 Å². The molecule has 0 fully saturated rings. The van der Waals surface area contributed by atoms with Crippen LogP contribution in [0.2, 0.25) is 0 Å². The molecule has 0 aliphatic carbocycles. The lowest BCUT2D eigenvalue weighted by Gasteiger charge is -2.39. The molecule has 1 atom stereocenters. The lowest BCUT2D eigenvalue weighted by Crippen LogP contribution is -3.00. The number of hydrogen-bond acceptors (Lipinski definition) is 4. The van der Waals surface area contributed by atoms with Crippen LogP contribution < -0.4 is 24.0 Å². The second kappa shape index (κ2) is 9.87. The van der Waals surface area contributed by atoms with Crippen molar-refractivity contribution in [1.82, 2.24) is 15.0 Å². The molecule has 5 rings (SSSR count). The zero-order chi connectivity index (χ0) is 22.0. The molecule has 0 N–H and O–H groups in total. The fraction of sp³-hybridized carbons (Fsp3) is 0.222. The Bertz CT molecular complexity index is 1110. The summed E-state index contributed by atoms with van der Waals surface area (Å²) in [5, 5.41) is 4.05. The molecule has 3 aromatic carbocycles. The van der Waals surface area contributed by atoms with Gasteiger partial charge in [0.15, 0.2) is 11.4 Å². The Labute approximate surface area is 211 Å². The first-order chi connectivity index (χ1) is 15.7. The predicted octanol–water partition coefficient (Wildman–Crippen LogP) is 1.44. The maximum Gasteiger partial charge on any atom is 0.237 e. The highest BCUT2D eigenvalue weighted by Crippen LogP contribution is 2.41. The zero-order valence-electron chi connectivity index (χ0n) is 18.8. The van der Waals surface area contributed by atoms with E-state index in [2.05, 4.69) is 124 Å². The Morgan fingerprint density at radius 1 is 0.848 bits per heavy atom. The first-order valence-corrected chi connectivity index (χ1v) is 11.0.